The van der Waals surface area contributed by atoms with Crippen molar-refractivity contribution in [2.45, 2.75) is 70.3 Å². The number of urea groups is 1. The van der Waals surface area contributed by atoms with Gasteiger partial charge in [0.25, 0.3) is 0 Å². The lowest BCUT2D eigenvalue weighted by molar-refractivity contribution is -0.138. The summed E-state index contributed by atoms with van der Waals surface area (Å²) in [5.74, 6) is 1.22. The van der Waals surface area contributed by atoms with E-state index in [2.05, 4.69) is 16.5 Å². The molecule has 3 aliphatic rings. The molecule has 3 heterocycles. The first-order chi connectivity index (χ1) is 14.1. The van der Waals surface area contributed by atoms with Crippen LogP contribution < -0.4 is 5.73 Å². The number of likely N-dealkylation sites (tertiary alicyclic amines) is 2. The number of piperidine rings is 2. The van der Waals surface area contributed by atoms with Crippen LogP contribution in [0.25, 0.3) is 0 Å². The molecular formula is C21H34N6O2. The molecule has 29 heavy (non-hydrogen) atoms. The Morgan fingerprint density at radius 1 is 0.966 bits per heavy atom. The Labute approximate surface area is 172 Å². The number of nitrogens with two attached hydrogens (primary N) is 1. The van der Waals surface area contributed by atoms with Gasteiger partial charge in [0, 0.05) is 44.8 Å². The maximum atomic E-state index is 12.9. The first-order valence-corrected chi connectivity index (χ1v) is 11.3. The highest BCUT2D eigenvalue weighted by molar-refractivity contribution is 5.80. The molecule has 2 saturated heterocycles. The Morgan fingerprint density at radius 2 is 1.72 bits per heavy atom. The van der Waals surface area contributed by atoms with Crippen molar-refractivity contribution in [1.29, 1.82) is 0 Å². The molecule has 0 bridgehead atoms. The standard InChI is InChI=1S/C21H34N6O2/c22-21(29)26-10-4-7-18(14-26)20(28)25-11-8-16(9-12-25)13-27-15-19(23-24-27)17-5-2-1-3-6-17/h15-18H,1-14H2,(H2,22,29). The fourth-order valence-electron chi connectivity index (χ4n) is 5.23. The molecule has 1 atom stereocenters. The second-order valence-corrected chi connectivity index (χ2v) is 9.09. The van der Waals surface area contributed by atoms with Crippen LogP contribution in [0, 0.1) is 11.8 Å². The van der Waals surface area contributed by atoms with Crippen molar-refractivity contribution in [2.75, 3.05) is 26.2 Å². The fourth-order valence-corrected chi connectivity index (χ4v) is 5.23. The van der Waals surface area contributed by atoms with Crippen molar-refractivity contribution in [2.24, 2.45) is 17.6 Å². The molecule has 0 spiro atoms. The average Bonchev–Trinajstić information content (AvgIpc) is 3.23. The number of hydrogen-bond acceptors (Lipinski definition) is 4. The number of amides is 3. The summed E-state index contributed by atoms with van der Waals surface area (Å²) in [6.45, 7) is 3.61. The lowest BCUT2D eigenvalue weighted by Crippen LogP contribution is -2.49. The summed E-state index contributed by atoms with van der Waals surface area (Å²) in [6, 6.07) is -0.415. The molecule has 160 valence electrons. The number of carbonyl (C=O) groups is 2. The highest BCUT2D eigenvalue weighted by atomic mass is 16.2. The van der Waals surface area contributed by atoms with Gasteiger partial charge in [-0.1, -0.05) is 24.5 Å². The van der Waals surface area contributed by atoms with Crippen molar-refractivity contribution in [3.63, 3.8) is 0 Å². The van der Waals surface area contributed by atoms with E-state index in [-0.39, 0.29) is 11.8 Å². The lowest BCUT2D eigenvalue weighted by Gasteiger charge is -2.37. The zero-order valence-electron chi connectivity index (χ0n) is 17.3. The van der Waals surface area contributed by atoms with E-state index >= 15 is 0 Å². The summed E-state index contributed by atoms with van der Waals surface area (Å²) in [4.78, 5) is 27.9. The van der Waals surface area contributed by atoms with Crippen molar-refractivity contribution < 1.29 is 9.59 Å². The Hall–Kier alpha value is -2.12. The third-order valence-corrected chi connectivity index (χ3v) is 7.03. The van der Waals surface area contributed by atoms with Crippen LogP contribution in [0.15, 0.2) is 6.20 Å². The monoisotopic (exact) mass is 402 g/mol. The SMILES string of the molecule is NC(=O)N1CCCC(C(=O)N2CCC(Cn3cc(C4CCCCC4)nn3)CC2)C1. The number of primary amides is 1. The molecule has 3 fully saturated rings. The summed E-state index contributed by atoms with van der Waals surface area (Å²) < 4.78 is 2.01. The van der Waals surface area contributed by atoms with E-state index in [0.29, 0.717) is 24.9 Å². The van der Waals surface area contributed by atoms with Crippen molar-refractivity contribution in [3.05, 3.63) is 11.9 Å². The Bertz CT molecular complexity index is 706. The molecule has 3 amide bonds. The number of aromatic nitrogens is 3. The summed E-state index contributed by atoms with van der Waals surface area (Å²) in [5, 5.41) is 8.81. The quantitative estimate of drug-likeness (QED) is 0.836. The number of hydrogen-bond donors (Lipinski definition) is 1. The van der Waals surface area contributed by atoms with Gasteiger partial charge in [0.15, 0.2) is 0 Å². The molecule has 1 aromatic rings. The number of nitrogens with zero attached hydrogens (tertiary/aromatic N) is 5. The van der Waals surface area contributed by atoms with E-state index in [0.717, 1.165) is 51.0 Å². The van der Waals surface area contributed by atoms with E-state index in [1.54, 1.807) is 4.90 Å². The van der Waals surface area contributed by atoms with Crippen LogP contribution in [0.4, 0.5) is 4.79 Å². The summed E-state index contributed by atoms with van der Waals surface area (Å²) in [5.41, 5.74) is 6.56. The number of carbonyl (C=O) groups excluding carboxylic acids is 2. The molecule has 0 radical (unpaired) electrons. The van der Waals surface area contributed by atoms with Gasteiger partial charge in [0.1, 0.15) is 0 Å². The van der Waals surface area contributed by atoms with Gasteiger partial charge in [0.05, 0.1) is 11.6 Å². The predicted octanol–water partition coefficient (Wildman–Crippen LogP) is 2.36. The van der Waals surface area contributed by atoms with Gasteiger partial charge in [-0.3, -0.25) is 9.48 Å². The average molecular weight is 403 g/mol. The highest BCUT2D eigenvalue weighted by Gasteiger charge is 2.32. The topological polar surface area (TPSA) is 97.3 Å². The van der Waals surface area contributed by atoms with Gasteiger partial charge >= 0.3 is 6.03 Å². The zero-order chi connectivity index (χ0) is 20.2. The molecule has 1 saturated carbocycles. The van der Waals surface area contributed by atoms with Gasteiger partial charge in [-0.15, -0.1) is 5.10 Å². The maximum absolute atomic E-state index is 12.9. The van der Waals surface area contributed by atoms with E-state index < -0.39 is 6.03 Å². The molecule has 1 aliphatic carbocycles. The molecule has 1 unspecified atom stereocenters. The fraction of sp³-hybridized carbons (Fsp3) is 0.810. The van der Waals surface area contributed by atoms with Crippen LogP contribution in [0.1, 0.15) is 69.4 Å². The molecule has 8 nitrogen and oxygen atoms in total. The Balaban J connectivity index is 1.25. The molecule has 2 N–H and O–H groups in total. The minimum absolute atomic E-state index is 0.0961. The van der Waals surface area contributed by atoms with Crippen LogP contribution in [-0.4, -0.2) is 62.9 Å². The van der Waals surface area contributed by atoms with Crippen molar-refractivity contribution in [1.82, 2.24) is 24.8 Å². The van der Waals surface area contributed by atoms with Gasteiger partial charge in [-0.25, -0.2) is 4.79 Å². The van der Waals surface area contributed by atoms with Crippen molar-refractivity contribution >= 4 is 11.9 Å². The summed E-state index contributed by atoms with van der Waals surface area (Å²) in [6.07, 6.45) is 12.3. The minimum Gasteiger partial charge on any atom is -0.351 e. The molecule has 4 rings (SSSR count). The first-order valence-electron chi connectivity index (χ1n) is 11.3. The van der Waals surface area contributed by atoms with Crippen LogP contribution in [0.2, 0.25) is 0 Å². The van der Waals surface area contributed by atoms with E-state index in [1.807, 2.05) is 9.58 Å². The Morgan fingerprint density at radius 3 is 2.45 bits per heavy atom. The second kappa shape index (κ2) is 9.13. The van der Waals surface area contributed by atoms with E-state index in [9.17, 15) is 9.59 Å². The molecule has 2 aliphatic heterocycles. The molecular weight excluding hydrogens is 368 g/mol. The summed E-state index contributed by atoms with van der Waals surface area (Å²) >= 11 is 0. The van der Waals surface area contributed by atoms with Crippen LogP contribution in [0.5, 0.6) is 0 Å². The Kier molecular flexibility index (Phi) is 6.35. The van der Waals surface area contributed by atoms with Crippen LogP contribution in [-0.2, 0) is 11.3 Å². The molecule has 8 heteroatoms. The summed E-state index contributed by atoms with van der Waals surface area (Å²) in [7, 11) is 0. The van der Waals surface area contributed by atoms with Crippen molar-refractivity contribution in [3.8, 4) is 0 Å². The normalized spacial score (nSPS) is 24.6. The smallest absolute Gasteiger partial charge is 0.314 e. The van der Waals surface area contributed by atoms with Crippen LogP contribution in [0.3, 0.4) is 0 Å². The van der Waals surface area contributed by atoms with E-state index in [1.165, 1.54) is 32.1 Å². The van der Waals surface area contributed by atoms with Crippen LogP contribution >= 0.6 is 0 Å². The highest BCUT2D eigenvalue weighted by Crippen LogP contribution is 2.31. The number of rotatable bonds is 4. The zero-order valence-corrected chi connectivity index (χ0v) is 17.3. The second-order valence-electron chi connectivity index (χ2n) is 9.09. The lowest BCUT2D eigenvalue weighted by atomic mass is 9.87. The molecule has 1 aromatic heterocycles. The predicted molar refractivity (Wildman–Crippen MR) is 109 cm³/mol. The largest absolute Gasteiger partial charge is 0.351 e. The van der Waals surface area contributed by atoms with Gasteiger partial charge in [-0.2, -0.15) is 0 Å². The van der Waals surface area contributed by atoms with Gasteiger partial charge in [-0.05, 0) is 44.4 Å². The maximum Gasteiger partial charge on any atom is 0.314 e. The molecule has 0 aromatic carbocycles. The van der Waals surface area contributed by atoms with Gasteiger partial charge < -0.3 is 15.5 Å². The van der Waals surface area contributed by atoms with E-state index in [4.69, 9.17) is 5.73 Å². The third-order valence-electron chi connectivity index (χ3n) is 7.03. The third kappa shape index (κ3) is 4.90. The van der Waals surface area contributed by atoms with Gasteiger partial charge in [0.2, 0.25) is 5.91 Å². The minimum atomic E-state index is -0.415. The first kappa shape index (κ1) is 20.2.